The van der Waals surface area contributed by atoms with Crippen molar-refractivity contribution in [1.29, 1.82) is 0 Å². The van der Waals surface area contributed by atoms with Crippen molar-refractivity contribution >= 4 is 22.5 Å². The fraction of sp³-hybridized carbons (Fsp3) is 0.364. The van der Waals surface area contributed by atoms with Crippen molar-refractivity contribution in [3.63, 3.8) is 0 Å². The number of hydrogen-bond donors (Lipinski definition) is 1. The van der Waals surface area contributed by atoms with Crippen LogP contribution < -0.4 is 5.32 Å². The number of aryl methyl sites for hydroxylation is 1. The molecule has 0 aliphatic rings. The zero-order valence-electron chi connectivity index (χ0n) is 8.92. The van der Waals surface area contributed by atoms with Crippen molar-refractivity contribution in [3.8, 4) is 0 Å². The largest absolute Gasteiger partial charge is 0.314 e. The van der Waals surface area contributed by atoms with Gasteiger partial charge in [-0.15, -0.1) is 0 Å². The van der Waals surface area contributed by atoms with Gasteiger partial charge in [0.05, 0.1) is 11.2 Å². The van der Waals surface area contributed by atoms with Crippen molar-refractivity contribution in [3.05, 3.63) is 28.9 Å². The van der Waals surface area contributed by atoms with Gasteiger partial charge in [0, 0.05) is 23.5 Å². The fourth-order valence-electron chi connectivity index (χ4n) is 1.77. The van der Waals surface area contributed by atoms with Gasteiger partial charge in [-0.3, -0.25) is 4.68 Å². The van der Waals surface area contributed by atoms with Gasteiger partial charge in [0.25, 0.3) is 0 Å². The number of aromatic nitrogens is 2. The lowest BCUT2D eigenvalue weighted by Crippen LogP contribution is -2.11. The molecule has 0 bridgehead atoms. The van der Waals surface area contributed by atoms with Crippen LogP contribution in [0.4, 0.5) is 0 Å². The van der Waals surface area contributed by atoms with E-state index in [9.17, 15) is 0 Å². The second-order valence-electron chi connectivity index (χ2n) is 3.45. The van der Waals surface area contributed by atoms with E-state index in [0.717, 1.165) is 29.0 Å². The first-order valence-electron chi connectivity index (χ1n) is 5.05. The van der Waals surface area contributed by atoms with Crippen molar-refractivity contribution < 1.29 is 0 Å². The van der Waals surface area contributed by atoms with E-state index >= 15 is 0 Å². The number of nitrogens with zero attached hydrogens (tertiary/aromatic N) is 2. The molecule has 1 N–H and O–H groups in total. The second kappa shape index (κ2) is 4.21. The van der Waals surface area contributed by atoms with Crippen molar-refractivity contribution in [1.82, 2.24) is 15.1 Å². The Hall–Kier alpha value is -1.06. The van der Waals surface area contributed by atoms with Gasteiger partial charge in [-0.1, -0.05) is 11.6 Å². The summed E-state index contributed by atoms with van der Waals surface area (Å²) in [5.74, 6) is 0. The fourth-order valence-corrected chi connectivity index (χ4v) is 1.94. The standard InChI is InChI=1S/C11H14ClN3/c1-3-15-11(7-13-2)9-6-8(12)4-5-10(9)14-15/h4-6,13H,3,7H2,1-2H3. The van der Waals surface area contributed by atoms with E-state index in [1.165, 1.54) is 5.69 Å². The van der Waals surface area contributed by atoms with Gasteiger partial charge in [-0.25, -0.2) is 0 Å². The van der Waals surface area contributed by atoms with Crippen LogP contribution in [0.15, 0.2) is 18.2 Å². The maximum Gasteiger partial charge on any atom is 0.0927 e. The van der Waals surface area contributed by atoms with E-state index in [1.807, 2.05) is 29.9 Å². The molecular weight excluding hydrogens is 210 g/mol. The van der Waals surface area contributed by atoms with Gasteiger partial charge in [-0.2, -0.15) is 5.10 Å². The monoisotopic (exact) mass is 223 g/mol. The van der Waals surface area contributed by atoms with Gasteiger partial charge in [-0.05, 0) is 32.2 Å². The highest BCUT2D eigenvalue weighted by molar-refractivity contribution is 6.31. The Balaban J connectivity index is 2.65. The molecule has 1 aromatic heterocycles. The summed E-state index contributed by atoms with van der Waals surface area (Å²) < 4.78 is 2.01. The molecule has 0 saturated heterocycles. The van der Waals surface area contributed by atoms with Crippen LogP contribution >= 0.6 is 11.6 Å². The lowest BCUT2D eigenvalue weighted by Gasteiger charge is -2.03. The third-order valence-electron chi connectivity index (χ3n) is 2.45. The van der Waals surface area contributed by atoms with Crippen molar-refractivity contribution in [2.24, 2.45) is 0 Å². The molecule has 0 unspecified atom stereocenters. The molecule has 2 rings (SSSR count). The molecule has 80 valence electrons. The average molecular weight is 224 g/mol. The minimum Gasteiger partial charge on any atom is -0.314 e. The maximum absolute atomic E-state index is 5.99. The maximum atomic E-state index is 5.99. The van der Waals surface area contributed by atoms with E-state index in [4.69, 9.17) is 11.6 Å². The minimum atomic E-state index is 0.760. The van der Waals surface area contributed by atoms with Crippen LogP contribution in [0, 0.1) is 0 Å². The van der Waals surface area contributed by atoms with E-state index in [0.29, 0.717) is 0 Å². The van der Waals surface area contributed by atoms with Crippen LogP contribution in [0.3, 0.4) is 0 Å². The summed E-state index contributed by atoms with van der Waals surface area (Å²) in [4.78, 5) is 0. The zero-order chi connectivity index (χ0) is 10.8. The quantitative estimate of drug-likeness (QED) is 0.866. The zero-order valence-corrected chi connectivity index (χ0v) is 9.67. The minimum absolute atomic E-state index is 0.760. The average Bonchev–Trinajstić information content (AvgIpc) is 2.57. The van der Waals surface area contributed by atoms with Gasteiger partial charge < -0.3 is 5.32 Å². The molecule has 0 aliphatic heterocycles. The summed E-state index contributed by atoms with van der Waals surface area (Å²) in [6.07, 6.45) is 0. The Morgan fingerprint density at radius 1 is 1.47 bits per heavy atom. The number of halogens is 1. The first kappa shape index (κ1) is 10.5. The number of nitrogens with one attached hydrogen (secondary N) is 1. The molecule has 1 aromatic carbocycles. The Morgan fingerprint density at radius 2 is 2.27 bits per heavy atom. The predicted octanol–water partition coefficient (Wildman–Crippen LogP) is 2.43. The molecule has 1 heterocycles. The van der Waals surface area contributed by atoms with Gasteiger partial charge in [0.15, 0.2) is 0 Å². The van der Waals surface area contributed by atoms with Crippen LogP contribution in [0.5, 0.6) is 0 Å². The molecule has 15 heavy (non-hydrogen) atoms. The van der Waals surface area contributed by atoms with E-state index in [2.05, 4.69) is 17.3 Å². The highest BCUT2D eigenvalue weighted by Gasteiger charge is 2.09. The Morgan fingerprint density at radius 3 is 2.93 bits per heavy atom. The third kappa shape index (κ3) is 1.85. The van der Waals surface area contributed by atoms with Crippen LogP contribution in [0.25, 0.3) is 10.9 Å². The van der Waals surface area contributed by atoms with Gasteiger partial charge in [0.2, 0.25) is 0 Å². The Bertz CT molecular complexity index is 476. The molecule has 4 heteroatoms. The molecular formula is C11H14ClN3. The summed E-state index contributed by atoms with van der Waals surface area (Å²) in [5.41, 5.74) is 2.20. The second-order valence-corrected chi connectivity index (χ2v) is 3.89. The first-order chi connectivity index (χ1) is 7.26. The smallest absolute Gasteiger partial charge is 0.0927 e. The normalized spacial score (nSPS) is 11.1. The van der Waals surface area contributed by atoms with Gasteiger partial charge in [0.1, 0.15) is 0 Å². The summed E-state index contributed by atoms with van der Waals surface area (Å²) in [5, 5.41) is 9.56. The molecule has 0 saturated carbocycles. The molecule has 0 amide bonds. The predicted molar refractivity (Wildman–Crippen MR) is 63.2 cm³/mol. The summed E-state index contributed by atoms with van der Waals surface area (Å²) in [6, 6.07) is 5.81. The lowest BCUT2D eigenvalue weighted by molar-refractivity contribution is 0.610. The number of hydrogen-bond acceptors (Lipinski definition) is 2. The lowest BCUT2D eigenvalue weighted by atomic mass is 10.2. The van der Waals surface area contributed by atoms with Crippen LogP contribution in [-0.4, -0.2) is 16.8 Å². The topological polar surface area (TPSA) is 29.9 Å². The number of benzene rings is 1. The van der Waals surface area contributed by atoms with Crippen LogP contribution in [-0.2, 0) is 13.1 Å². The first-order valence-corrected chi connectivity index (χ1v) is 5.43. The Kier molecular flexibility index (Phi) is 2.93. The number of rotatable bonds is 3. The molecule has 0 atom stereocenters. The van der Waals surface area contributed by atoms with Crippen LogP contribution in [0.1, 0.15) is 12.6 Å². The van der Waals surface area contributed by atoms with Crippen molar-refractivity contribution in [2.45, 2.75) is 20.0 Å². The van der Waals surface area contributed by atoms with Crippen LogP contribution in [0.2, 0.25) is 5.02 Å². The molecule has 0 spiro atoms. The van der Waals surface area contributed by atoms with E-state index in [1.54, 1.807) is 0 Å². The van der Waals surface area contributed by atoms with Crippen molar-refractivity contribution in [2.75, 3.05) is 7.05 Å². The third-order valence-corrected chi connectivity index (χ3v) is 2.69. The highest BCUT2D eigenvalue weighted by atomic mass is 35.5. The molecule has 0 radical (unpaired) electrons. The number of fused-ring (bicyclic) bond motifs is 1. The molecule has 0 aliphatic carbocycles. The summed E-state index contributed by atoms with van der Waals surface area (Å²) in [6.45, 7) is 3.78. The Labute approximate surface area is 94.0 Å². The highest BCUT2D eigenvalue weighted by Crippen LogP contribution is 2.22. The summed E-state index contributed by atoms with van der Waals surface area (Å²) in [7, 11) is 1.93. The molecule has 2 aromatic rings. The summed E-state index contributed by atoms with van der Waals surface area (Å²) >= 11 is 5.99. The molecule has 0 fully saturated rings. The SMILES string of the molecule is CCn1nc2ccc(Cl)cc2c1CNC. The van der Waals surface area contributed by atoms with E-state index < -0.39 is 0 Å². The van der Waals surface area contributed by atoms with Gasteiger partial charge >= 0.3 is 0 Å². The molecule has 3 nitrogen and oxygen atoms in total. The van der Waals surface area contributed by atoms with E-state index in [-0.39, 0.29) is 0 Å².